The summed E-state index contributed by atoms with van der Waals surface area (Å²) in [5, 5.41) is 9.10. The Morgan fingerprint density at radius 2 is 1.75 bits per heavy atom. The van der Waals surface area contributed by atoms with Gasteiger partial charge in [0, 0.05) is 32.4 Å². The van der Waals surface area contributed by atoms with Gasteiger partial charge in [-0.15, -0.1) is 0 Å². The van der Waals surface area contributed by atoms with Gasteiger partial charge in [-0.1, -0.05) is 0 Å². The van der Waals surface area contributed by atoms with Crippen molar-refractivity contribution < 1.29 is 27.9 Å². The Kier molecular flexibility index (Phi) is 4.73. The van der Waals surface area contributed by atoms with Gasteiger partial charge >= 0.3 is 12.1 Å². The first kappa shape index (κ1) is 18.0. The summed E-state index contributed by atoms with van der Waals surface area (Å²) in [5.74, 6) is -1.53. The van der Waals surface area contributed by atoms with Crippen molar-refractivity contribution in [3.63, 3.8) is 0 Å². The number of carboxylic acids is 1. The molecule has 132 valence electrons. The third kappa shape index (κ3) is 3.60. The van der Waals surface area contributed by atoms with Crippen LogP contribution >= 0.6 is 0 Å². The molecule has 1 aliphatic heterocycles. The van der Waals surface area contributed by atoms with Gasteiger partial charge in [-0.05, 0) is 26.0 Å². The lowest BCUT2D eigenvalue weighted by molar-refractivity contribution is -0.158. The molecule has 0 aromatic carbocycles. The molecule has 1 aromatic heterocycles. The van der Waals surface area contributed by atoms with Crippen LogP contribution in [0.2, 0.25) is 0 Å². The Bertz CT molecular complexity index is 638. The molecule has 1 saturated heterocycles. The van der Waals surface area contributed by atoms with Gasteiger partial charge in [0.1, 0.15) is 11.2 Å². The lowest BCUT2D eigenvalue weighted by Crippen LogP contribution is -2.54. The number of alkyl halides is 3. The summed E-state index contributed by atoms with van der Waals surface area (Å²) in [5.41, 5.74) is -2.31. The molecular formula is C15H18F3N3O3. The fourth-order valence-corrected chi connectivity index (χ4v) is 2.39. The van der Waals surface area contributed by atoms with Gasteiger partial charge in [0.05, 0.1) is 5.56 Å². The molecule has 0 radical (unpaired) electrons. The first-order valence-corrected chi connectivity index (χ1v) is 7.34. The average molecular weight is 345 g/mol. The zero-order valence-corrected chi connectivity index (χ0v) is 13.3. The summed E-state index contributed by atoms with van der Waals surface area (Å²) in [6.45, 7) is 3.70. The summed E-state index contributed by atoms with van der Waals surface area (Å²) < 4.78 is 38.3. The number of carboxylic acid groups (broad SMARTS) is 1. The average Bonchev–Trinajstić information content (AvgIpc) is 2.53. The first-order chi connectivity index (χ1) is 11.0. The SMILES string of the molecule is CC(C)(C(=O)O)C(=O)N1CCN(c2cc(C(F)(F)F)ccn2)CC1. The number of nitrogens with zero attached hydrogens (tertiary/aromatic N) is 3. The number of anilines is 1. The fraction of sp³-hybridized carbons (Fsp3) is 0.533. The maximum Gasteiger partial charge on any atom is 0.416 e. The van der Waals surface area contributed by atoms with Gasteiger partial charge in [0.2, 0.25) is 5.91 Å². The van der Waals surface area contributed by atoms with Crippen LogP contribution in [-0.4, -0.2) is 53.0 Å². The number of aliphatic carboxylic acids is 1. The second kappa shape index (κ2) is 6.29. The standard InChI is InChI=1S/C15H18F3N3O3/c1-14(2,13(23)24)12(22)21-7-5-20(6-8-21)11-9-10(3-4-19-11)15(16,17)18/h3-4,9H,5-8H2,1-2H3,(H,23,24). The highest BCUT2D eigenvalue weighted by Crippen LogP contribution is 2.31. The van der Waals surface area contributed by atoms with Crippen molar-refractivity contribution in [2.45, 2.75) is 20.0 Å². The Balaban J connectivity index is 2.06. The number of aromatic nitrogens is 1. The van der Waals surface area contributed by atoms with E-state index in [1.807, 2.05) is 0 Å². The van der Waals surface area contributed by atoms with E-state index in [2.05, 4.69) is 4.98 Å². The van der Waals surface area contributed by atoms with Crippen LogP contribution in [0.3, 0.4) is 0 Å². The van der Waals surface area contributed by atoms with Crippen LogP contribution in [0, 0.1) is 5.41 Å². The lowest BCUT2D eigenvalue weighted by Gasteiger charge is -2.38. The number of pyridine rings is 1. The molecule has 1 aromatic rings. The second-order valence-electron chi connectivity index (χ2n) is 6.11. The summed E-state index contributed by atoms with van der Waals surface area (Å²) in [6.07, 6.45) is -3.34. The number of carbonyl (C=O) groups is 2. The van der Waals surface area contributed by atoms with Crippen molar-refractivity contribution in [2.75, 3.05) is 31.1 Å². The molecule has 0 unspecified atom stereocenters. The third-order valence-electron chi connectivity index (χ3n) is 4.03. The monoisotopic (exact) mass is 345 g/mol. The molecule has 0 aliphatic carbocycles. The highest BCUT2D eigenvalue weighted by atomic mass is 19.4. The van der Waals surface area contributed by atoms with Crippen molar-refractivity contribution in [1.29, 1.82) is 0 Å². The van der Waals surface area contributed by atoms with Gasteiger partial charge in [-0.25, -0.2) is 4.98 Å². The second-order valence-corrected chi connectivity index (χ2v) is 6.11. The van der Waals surface area contributed by atoms with Gasteiger partial charge in [-0.2, -0.15) is 13.2 Å². The van der Waals surface area contributed by atoms with Crippen LogP contribution in [0.5, 0.6) is 0 Å². The topological polar surface area (TPSA) is 73.7 Å². The van der Waals surface area contributed by atoms with E-state index in [9.17, 15) is 22.8 Å². The van der Waals surface area contributed by atoms with E-state index in [0.717, 1.165) is 18.3 Å². The van der Waals surface area contributed by atoms with Crippen LogP contribution in [0.4, 0.5) is 19.0 Å². The van der Waals surface area contributed by atoms with E-state index in [1.54, 1.807) is 4.90 Å². The van der Waals surface area contributed by atoms with Crippen LogP contribution in [-0.2, 0) is 15.8 Å². The molecule has 0 spiro atoms. The van der Waals surface area contributed by atoms with E-state index in [4.69, 9.17) is 5.11 Å². The van der Waals surface area contributed by atoms with E-state index in [-0.39, 0.29) is 32.0 Å². The zero-order valence-electron chi connectivity index (χ0n) is 13.3. The Morgan fingerprint density at radius 1 is 1.17 bits per heavy atom. The number of piperazine rings is 1. The largest absolute Gasteiger partial charge is 0.480 e. The van der Waals surface area contributed by atoms with Crippen molar-refractivity contribution in [3.05, 3.63) is 23.9 Å². The molecule has 9 heteroatoms. The van der Waals surface area contributed by atoms with Gasteiger partial charge in [0.25, 0.3) is 0 Å². The number of hydrogen-bond donors (Lipinski definition) is 1. The molecule has 1 N–H and O–H groups in total. The molecule has 2 heterocycles. The normalized spacial score (nSPS) is 16.2. The predicted molar refractivity (Wildman–Crippen MR) is 79.4 cm³/mol. The number of hydrogen-bond acceptors (Lipinski definition) is 4. The third-order valence-corrected chi connectivity index (χ3v) is 4.03. The smallest absolute Gasteiger partial charge is 0.416 e. The van der Waals surface area contributed by atoms with Crippen LogP contribution in [0.25, 0.3) is 0 Å². The Labute approximate surface area is 136 Å². The summed E-state index contributed by atoms with van der Waals surface area (Å²) >= 11 is 0. The van der Waals surface area contributed by atoms with Crippen LogP contribution in [0.15, 0.2) is 18.3 Å². The number of amides is 1. The van der Waals surface area contributed by atoms with Crippen molar-refractivity contribution in [1.82, 2.24) is 9.88 Å². The quantitative estimate of drug-likeness (QED) is 0.847. The summed E-state index contributed by atoms with van der Waals surface area (Å²) in [7, 11) is 0. The Morgan fingerprint density at radius 3 is 2.25 bits per heavy atom. The number of rotatable bonds is 3. The molecule has 1 fully saturated rings. The van der Waals surface area contributed by atoms with Crippen molar-refractivity contribution >= 4 is 17.7 Å². The molecule has 1 aliphatic rings. The molecule has 24 heavy (non-hydrogen) atoms. The van der Waals surface area contributed by atoms with Crippen molar-refractivity contribution in [3.8, 4) is 0 Å². The first-order valence-electron chi connectivity index (χ1n) is 7.34. The lowest BCUT2D eigenvalue weighted by atomic mass is 9.91. The molecule has 1 amide bonds. The minimum Gasteiger partial charge on any atom is -0.480 e. The van der Waals surface area contributed by atoms with E-state index >= 15 is 0 Å². The van der Waals surface area contributed by atoms with Crippen LogP contribution in [0.1, 0.15) is 19.4 Å². The Hall–Kier alpha value is -2.32. The van der Waals surface area contributed by atoms with Gasteiger partial charge < -0.3 is 14.9 Å². The minimum atomic E-state index is -4.44. The zero-order chi connectivity index (χ0) is 18.1. The molecule has 2 rings (SSSR count). The number of halogens is 3. The van der Waals surface area contributed by atoms with Gasteiger partial charge in [0.15, 0.2) is 0 Å². The van der Waals surface area contributed by atoms with Gasteiger partial charge in [-0.3, -0.25) is 9.59 Å². The molecular weight excluding hydrogens is 327 g/mol. The molecule has 0 bridgehead atoms. The van der Waals surface area contributed by atoms with E-state index in [1.165, 1.54) is 18.7 Å². The highest BCUT2D eigenvalue weighted by Gasteiger charge is 2.40. The molecule has 0 atom stereocenters. The van der Waals surface area contributed by atoms with E-state index < -0.39 is 29.0 Å². The predicted octanol–water partition coefficient (Wildman–Crippen LogP) is 1.86. The molecule has 6 nitrogen and oxygen atoms in total. The maximum atomic E-state index is 12.8. The fourth-order valence-electron chi connectivity index (χ4n) is 2.39. The maximum absolute atomic E-state index is 12.8. The highest BCUT2D eigenvalue weighted by molar-refractivity contribution is 6.01. The molecule has 0 saturated carbocycles. The van der Waals surface area contributed by atoms with Crippen molar-refractivity contribution in [2.24, 2.45) is 5.41 Å². The minimum absolute atomic E-state index is 0.189. The van der Waals surface area contributed by atoms with Crippen LogP contribution < -0.4 is 4.90 Å². The van der Waals surface area contributed by atoms with E-state index in [0.29, 0.717) is 0 Å². The summed E-state index contributed by atoms with van der Waals surface area (Å²) in [4.78, 5) is 30.4. The summed E-state index contributed by atoms with van der Waals surface area (Å²) in [6, 6.07) is 1.87. The number of carbonyl (C=O) groups excluding carboxylic acids is 1.